The second-order valence-electron chi connectivity index (χ2n) is 20.1. The van der Waals surface area contributed by atoms with Crippen molar-refractivity contribution in [3.63, 3.8) is 0 Å². The van der Waals surface area contributed by atoms with Crippen LogP contribution in [0.1, 0.15) is 131 Å². The highest BCUT2D eigenvalue weighted by Crippen LogP contribution is 2.76. The summed E-state index contributed by atoms with van der Waals surface area (Å²) in [6.07, 6.45) is 25.0. The molecule has 6 heteroatoms. The Labute approximate surface area is 327 Å². The minimum absolute atomic E-state index is 0.0138. The van der Waals surface area contributed by atoms with Crippen molar-refractivity contribution < 1.29 is 28.2 Å². The van der Waals surface area contributed by atoms with Gasteiger partial charge in [-0.15, -0.1) is 0 Å². The molecular weight excluding hydrogens is 669 g/mol. The van der Waals surface area contributed by atoms with E-state index in [2.05, 4.69) is 88.0 Å². The number of ether oxygens (including phenoxy) is 2. The van der Waals surface area contributed by atoms with Crippen molar-refractivity contribution in [1.29, 1.82) is 0 Å². The van der Waals surface area contributed by atoms with E-state index in [0.717, 1.165) is 58.2 Å². The Morgan fingerprint density at radius 2 is 1.59 bits per heavy atom. The highest BCUT2D eigenvalue weighted by atomic mass is 16.5. The summed E-state index contributed by atoms with van der Waals surface area (Å²) in [4.78, 5) is 26.4. The van der Waals surface area contributed by atoms with Gasteiger partial charge >= 0.3 is 11.9 Å². The quantitative estimate of drug-likeness (QED) is 0.122. The molecule has 5 aliphatic carbocycles. The van der Waals surface area contributed by atoms with Gasteiger partial charge in [-0.25, -0.2) is 9.14 Å². The highest BCUT2D eigenvalue weighted by Gasteiger charge is 2.70. The lowest BCUT2D eigenvalue weighted by Crippen LogP contribution is -2.67. The molecule has 0 radical (unpaired) electrons. The molecular formula is C48H72N2O4+2. The number of rotatable bonds is 12. The van der Waals surface area contributed by atoms with E-state index in [1.807, 2.05) is 18.2 Å². The molecule has 0 aromatic carbocycles. The first kappa shape index (κ1) is 39.5. The number of fused-ring (bicyclic) bond motifs is 7. The summed E-state index contributed by atoms with van der Waals surface area (Å²) in [5.41, 5.74) is 1.91. The fraction of sp³-hybridized carbons (Fsp3) is 0.750. The Bertz CT molecular complexity index is 1600. The Hall–Kier alpha value is -2.76. The van der Waals surface area contributed by atoms with Gasteiger partial charge in [-0.2, -0.15) is 0 Å². The average molecular weight is 741 g/mol. The molecule has 6 aliphatic rings. The van der Waals surface area contributed by atoms with Gasteiger partial charge in [0.2, 0.25) is 0 Å². The number of aromatic nitrogens is 1. The number of allylic oxidation sites excluding steroid dienone is 2. The van der Waals surface area contributed by atoms with Crippen LogP contribution in [0, 0.1) is 63.1 Å². The smallest absolute Gasteiger partial charge is 0.306 e. The number of nitrogens with zero attached hydrogens (tertiary/aromatic N) is 2. The molecule has 0 bridgehead atoms. The lowest BCUT2D eigenvalue weighted by atomic mass is 9.32. The maximum atomic E-state index is 13.3. The van der Waals surface area contributed by atoms with Crippen LogP contribution in [0.4, 0.5) is 0 Å². The second-order valence-corrected chi connectivity index (χ2v) is 20.1. The number of aryl methyl sites for hydroxylation is 1. The van der Waals surface area contributed by atoms with E-state index in [4.69, 9.17) is 9.47 Å². The summed E-state index contributed by atoms with van der Waals surface area (Å²) in [7, 11) is 0. The van der Waals surface area contributed by atoms with E-state index < -0.39 is 0 Å². The summed E-state index contributed by atoms with van der Waals surface area (Å²) in [6, 6.07) is 6.10. The van der Waals surface area contributed by atoms with Crippen molar-refractivity contribution in [2.24, 2.45) is 63.1 Å². The van der Waals surface area contributed by atoms with Crippen LogP contribution in [0.2, 0.25) is 0 Å². The third-order valence-corrected chi connectivity index (χ3v) is 17.2. The van der Waals surface area contributed by atoms with Crippen LogP contribution in [0.15, 0.2) is 54.9 Å². The van der Waals surface area contributed by atoms with Gasteiger partial charge in [0.05, 0.1) is 19.4 Å². The SMILES string of the molecule is C=C(C)C1CCC2C1C1CCC3[C@@]4(C)CC[C@H](OC(=O)CCC[N+]5=CC=CCC5)C(C)(C)C4CC[C@@]3(C)[C@]1(C)C[C@@H]2COC(=O)CCC[n+]1ccccc1. The Morgan fingerprint density at radius 3 is 2.33 bits per heavy atom. The molecule has 1 aliphatic heterocycles. The first-order valence-corrected chi connectivity index (χ1v) is 22.0. The topological polar surface area (TPSA) is 59.5 Å². The maximum absolute atomic E-state index is 13.3. The summed E-state index contributed by atoms with van der Waals surface area (Å²) < 4.78 is 17.1. The molecule has 2 heterocycles. The summed E-state index contributed by atoms with van der Waals surface area (Å²) in [5, 5.41) is 0. The van der Waals surface area contributed by atoms with Gasteiger partial charge in [-0.1, -0.05) is 58.9 Å². The molecule has 1 aromatic heterocycles. The number of hydrogen-bond acceptors (Lipinski definition) is 4. The van der Waals surface area contributed by atoms with Crippen LogP contribution in [-0.2, 0) is 25.6 Å². The third-order valence-electron chi connectivity index (χ3n) is 17.2. The van der Waals surface area contributed by atoms with Gasteiger partial charge in [0.25, 0.3) is 0 Å². The van der Waals surface area contributed by atoms with Crippen molar-refractivity contribution in [2.45, 2.75) is 144 Å². The van der Waals surface area contributed by atoms with Gasteiger partial charge in [0.1, 0.15) is 25.7 Å². The van der Waals surface area contributed by atoms with Crippen LogP contribution in [0.25, 0.3) is 0 Å². The fourth-order valence-corrected chi connectivity index (χ4v) is 14.5. The molecule has 1 aromatic rings. The molecule has 11 atom stereocenters. The zero-order valence-corrected chi connectivity index (χ0v) is 34.7. The van der Waals surface area contributed by atoms with Crippen molar-refractivity contribution in [3.05, 3.63) is 54.9 Å². The largest absolute Gasteiger partial charge is 0.465 e. The highest BCUT2D eigenvalue weighted by molar-refractivity contribution is 5.70. The molecule has 0 N–H and O–H groups in total. The monoisotopic (exact) mass is 741 g/mol. The number of carbonyl (C=O) groups is 2. The predicted octanol–water partition coefficient (Wildman–Crippen LogP) is 9.55. The lowest BCUT2D eigenvalue weighted by molar-refractivity contribution is -0.697. The molecule has 0 saturated heterocycles. The summed E-state index contributed by atoms with van der Waals surface area (Å²) in [6.45, 7) is 23.0. The first-order chi connectivity index (χ1) is 25.8. The molecule has 7 rings (SSSR count). The number of pyridine rings is 1. The van der Waals surface area contributed by atoms with E-state index in [1.54, 1.807) is 0 Å². The van der Waals surface area contributed by atoms with Gasteiger partial charge < -0.3 is 9.47 Å². The molecule has 6 unspecified atom stereocenters. The Balaban J connectivity index is 1.05. The average Bonchev–Trinajstić information content (AvgIpc) is 3.59. The van der Waals surface area contributed by atoms with Crippen LogP contribution in [-0.4, -0.2) is 48.5 Å². The molecule has 6 nitrogen and oxygen atoms in total. The standard InChI is InChI=1S/C48H72N2O4/c1-34(2)36-18-19-37-35(33-53-42(51)16-14-30-49-26-10-8-11-27-49)32-48(7)38(44(36)37)20-21-40-46(5)24-23-41(45(3,4)39(46)22-25-47(40,48)6)54-43(52)17-15-31-50-28-12-9-13-29-50/h8-12,26-28,35-41,44H,1,13-25,29-33H2,2-7H3/q+2/t35-,36?,37?,38?,39?,40?,41+,44?,46+,47-,48-/m1/s1. The molecule has 0 spiro atoms. The van der Waals surface area contributed by atoms with E-state index in [1.165, 1.54) is 44.1 Å². The van der Waals surface area contributed by atoms with E-state index >= 15 is 0 Å². The van der Waals surface area contributed by atoms with Gasteiger partial charge in [-0.05, 0) is 128 Å². The second kappa shape index (κ2) is 15.6. The zero-order valence-electron chi connectivity index (χ0n) is 34.7. The van der Waals surface area contributed by atoms with Crippen molar-refractivity contribution >= 4 is 18.2 Å². The number of esters is 2. The molecule has 5 fully saturated rings. The third kappa shape index (κ3) is 7.19. The Morgan fingerprint density at radius 1 is 0.833 bits per heavy atom. The van der Waals surface area contributed by atoms with Crippen LogP contribution in [0.5, 0.6) is 0 Å². The van der Waals surface area contributed by atoms with Crippen LogP contribution in [0.3, 0.4) is 0 Å². The fourth-order valence-electron chi connectivity index (χ4n) is 14.5. The number of hydrogen-bond donors (Lipinski definition) is 0. The van der Waals surface area contributed by atoms with E-state index in [-0.39, 0.29) is 39.7 Å². The molecule has 54 heavy (non-hydrogen) atoms. The normalized spacial score (nSPS) is 39.3. The minimum Gasteiger partial charge on any atom is -0.465 e. The maximum Gasteiger partial charge on any atom is 0.306 e. The summed E-state index contributed by atoms with van der Waals surface area (Å²) >= 11 is 0. The molecule has 0 amide bonds. The zero-order chi connectivity index (χ0) is 38.3. The molecule has 296 valence electrons. The van der Waals surface area contributed by atoms with Crippen molar-refractivity contribution in [1.82, 2.24) is 0 Å². The Kier molecular flexibility index (Phi) is 11.4. The van der Waals surface area contributed by atoms with E-state index in [0.29, 0.717) is 60.9 Å². The minimum atomic E-state index is -0.0584. The van der Waals surface area contributed by atoms with Gasteiger partial charge in [0.15, 0.2) is 18.6 Å². The van der Waals surface area contributed by atoms with Crippen LogP contribution < -0.4 is 4.57 Å². The van der Waals surface area contributed by atoms with Gasteiger partial charge in [0, 0.05) is 36.8 Å². The molecule has 5 saturated carbocycles. The number of carbonyl (C=O) groups excluding carboxylic acids is 2. The van der Waals surface area contributed by atoms with Crippen LogP contribution >= 0.6 is 0 Å². The van der Waals surface area contributed by atoms with Gasteiger partial charge in [-0.3, -0.25) is 9.59 Å². The first-order valence-electron chi connectivity index (χ1n) is 22.0. The van der Waals surface area contributed by atoms with Crippen molar-refractivity contribution in [3.8, 4) is 0 Å². The van der Waals surface area contributed by atoms with E-state index in [9.17, 15) is 9.59 Å². The van der Waals surface area contributed by atoms with Crippen molar-refractivity contribution in [2.75, 3.05) is 19.7 Å². The predicted molar refractivity (Wildman–Crippen MR) is 215 cm³/mol. The lowest BCUT2D eigenvalue weighted by Gasteiger charge is -2.72. The summed E-state index contributed by atoms with van der Waals surface area (Å²) in [5.74, 6) is 4.03.